The minimum absolute atomic E-state index is 0.0350. The van der Waals surface area contributed by atoms with Gasteiger partial charge in [0.25, 0.3) is 0 Å². The molecule has 1 atom stereocenters. The normalized spacial score (nSPS) is 12.1. The van der Waals surface area contributed by atoms with E-state index in [1.54, 1.807) is 0 Å². The maximum atomic E-state index is 10.3. The molecule has 7 N–H and O–H groups in total. The van der Waals surface area contributed by atoms with Crippen LogP contribution in [0.5, 0.6) is 0 Å². The van der Waals surface area contributed by atoms with Crippen LogP contribution in [0.15, 0.2) is 0 Å². The van der Waals surface area contributed by atoms with Crippen LogP contribution in [0, 0.1) is 5.41 Å². The SMILES string of the molecule is N=C(N)NCCCCCC(N)C(=O)O. The summed E-state index contributed by atoms with van der Waals surface area (Å²) in [5.74, 6) is -0.987. The molecule has 0 aliphatic heterocycles. The van der Waals surface area contributed by atoms with Crippen molar-refractivity contribution in [3.63, 3.8) is 0 Å². The second-order valence-electron chi connectivity index (χ2n) is 3.13. The van der Waals surface area contributed by atoms with Crippen LogP contribution in [-0.4, -0.2) is 29.6 Å². The van der Waals surface area contributed by atoms with Gasteiger partial charge in [-0.2, -0.15) is 0 Å². The number of aliphatic carboxylic acids is 1. The van der Waals surface area contributed by atoms with E-state index in [1.807, 2.05) is 0 Å². The Morgan fingerprint density at radius 2 is 2.07 bits per heavy atom. The van der Waals surface area contributed by atoms with Crippen LogP contribution >= 0.6 is 0 Å². The number of carbonyl (C=O) groups is 1. The number of nitrogens with one attached hydrogen (secondary N) is 2. The van der Waals surface area contributed by atoms with E-state index in [4.69, 9.17) is 22.0 Å². The predicted molar refractivity (Wildman–Crippen MR) is 54.0 cm³/mol. The molecule has 0 aliphatic carbocycles. The van der Waals surface area contributed by atoms with Gasteiger partial charge < -0.3 is 21.9 Å². The molecule has 0 amide bonds. The first-order chi connectivity index (χ1) is 6.54. The van der Waals surface area contributed by atoms with Gasteiger partial charge in [-0.05, 0) is 12.8 Å². The van der Waals surface area contributed by atoms with Crippen LogP contribution in [0.4, 0.5) is 0 Å². The number of rotatable bonds is 7. The molecule has 1 unspecified atom stereocenters. The fourth-order valence-corrected chi connectivity index (χ4v) is 1.01. The molecule has 0 heterocycles. The van der Waals surface area contributed by atoms with Crippen LogP contribution < -0.4 is 16.8 Å². The van der Waals surface area contributed by atoms with Crippen molar-refractivity contribution in [3.8, 4) is 0 Å². The molecule has 82 valence electrons. The number of hydrogen-bond acceptors (Lipinski definition) is 3. The molecule has 6 nitrogen and oxygen atoms in total. The summed E-state index contributed by atoms with van der Waals surface area (Å²) in [5, 5.41) is 18.0. The van der Waals surface area contributed by atoms with Crippen molar-refractivity contribution in [3.05, 3.63) is 0 Å². The third-order valence-corrected chi connectivity index (χ3v) is 1.82. The van der Waals surface area contributed by atoms with E-state index >= 15 is 0 Å². The number of unbranched alkanes of at least 4 members (excludes halogenated alkanes) is 2. The molecule has 0 spiro atoms. The van der Waals surface area contributed by atoms with E-state index < -0.39 is 12.0 Å². The van der Waals surface area contributed by atoms with Gasteiger partial charge in [0.05, 0.1) is 0 Å². The lowest BCUT2D eigenvalue weighted by atomic mass is 10.1. The Morgan fingerprint density at radius 1 is 1.43 bits per heavy atom. The van der Waals surface area contributed by atoms with Crippen molar-refractivity contribution in [1.29, 1.82) is 5.41 Å². The molecule has 0 fully saturated rings. The zero-order chi connectivity index (χ0) is 11.0. The smallest absolute Gasteiger partial charge is 0.320 e. The van der Waals surface area contributed by atoms with E-state index in [0.717, 1.165) is 19.3 Å². The fraction of sp³-hybridized carbons (Fsp3) is 0.750. The standard InChI is InChI=1S/C8H18N4O2/c9-6(7(13)14)4-2-1-3-5-12-8(10)11/h6H,1-5,9H2,(H,13,14)(H4,10,11,12). The summed E-state index contributed by atoms with van der Waals surface area (Å²) < 4.78 is 0. The summed E-state index contributed by atoms with van der Waals surface area (Å²) >= 11 is 0. The van der Waals surface area contributed by atoms with Crippen molar-refractivity contribution in [2.45, 2.75) is 31.7 Å². The zero-order valence-corrected chi connectivity index (χ0v) is 8.12. The zero-order valence-electron chi connectivity index (χ0n) is 8.12. The largest absolute Gasteiger partial charge is 0.480 e. The van der Waals surface area contributed by atoms with E-state index in [9.17, 15) is 4.79 Å². The molecule has 0 aromatic rings. The monoisotopic (exact) mass is 202 g/mol. The maximum Gasteiger partial charge on any atom is 0.320 e. The average Bonchev–Trinajstić information content (AvgIpc) is 2.09. The van der Waals surface area contributed by atoms with Gasteiger partial charge in [0.2, 0.25) is 0 Å². The van der Waals surface area contributed by atoms with Crippen LogP contribution in [0.25, 0.3) is 0 Å². The Labute approximate surface area is 83.2 Å². The minimum atomic E-state index is -0.952. The summed E-state index contributed by atoms with van der Waals surface area (Å²) in [5.41, 5.74) is 10.4. The number of hydrogen-bond donors (Lipinski definition) is 5. The lowest BCUT2D eigenvalue weighted by molar-refractivity contribution is -0.138. The Hall–Kier alpha value is -1.30. The maximum absolute atomic E-state index is 10.3. The molecular weight excluding hydrogens is 184 g/mol. The minimum Gasteiger partial charge on any atom is -0.480 e. The highest BCUT2D eigenvalue weighted by atomic mass is 16.4. The number of carboxylic acids is 1. The highest BCUT2D eigenvalue weighted by Crippen LogP contribution is 2.01. The second-order valence-corrected chi connectivity index (χ2v) is 3.13. The second kappa shape index (κ2) is 7.14. The molecule has 14 heavy (non-hydrogen) atoms. The first kappa shape index (κ1) is 12.7. The van der Waals surface area contributed by atoms with Crippen LogP contribution in [-0.2, 0) is 4.79 Å². The molecule has 0 rings (SSSR count). The Morgan fingerprint density at radius 3 is 2.57 bits per heavy atom. The van der Waals surface area contributed by atoms with Gasteiger partial charge in [0.15, 0.2) is 5.96 Å². The summed E-state index contributed by atoms with van der Waals surface area (Å²) in [7, 11) is 0. The molecule has 0 saturated carbocycles. The van der Waals surface area contributed by atoms with Crippen molar-refractivity contribution < 1.29 is 9.90 Å². The van der Waals surface area contributed by atoms with Gasteiger partial charge in [-0.3, -0.25) is 10.2 Å². The van der Waals surface area contributed by atoms with E-state index in [2.05, 4.69) is 5.32 Å². The van der Waals surface area contributed by atoms with Crippen molar-refractivity contribution in [1.82, 2.24) is 5.32 Å². The highest BCUT2D eigenvalue weighted by Gasteiger charge is 2.09. The Kier molecular flexibility index (Phi) is 6.47. The predicted octanol–water partition coefficient (Wildman–Crippen LogP) is -0.558. The lowest BCUT2D eigenvalue weighted by Gasteiger charge is -2.06. The Balaban J connectivity index is 3.21. The highest BCUT2D eigenvalue weighted by molar-refractivity contribution is 5.74. The first-order valence-corrected chi connectivity index (χ1v) is 4.60. The fourth-order valence-electron chi connectivity index (χ4n) is 1.01. The molecule has 6 heteroatoms. The summed E-state index contributed by atoms with van der Waals surface area (Å²) in [4.78, 5) is 10.3. The van der Waals surface area contributed by atoms with Crippen LogP contribution in [0.3, 0.4) is 0 Å². The molecule has 0 aromatic carbocycles. The van der Waals surface area contributed by atoms with Crippen LogP contribution in [0.2, 0.25) is 0 Å². The third-order valence-electron chi connectivity index (χ3n) is 1.82. The molecule has 0 aromatic heterocycles. The molecule has 0 aliphatic rings. The molecular formula is C8H18N4O2. The summed E-state index contributed by atoms with van der Waals surface area (Å²) in [6.07, 6.45) is 3.04. The van der Waals surface area contributed by atoms with E-state index in [0.29, 0.717) is 13.0 Å². The first-order valence-electron chi connectivity index (χ1n) is 4.60. The average molecular weight is 202 g/mol. The quantitative estimate of drug-likeness (QED) is 0.215. The van der Waals surface area contributed by atoms with Gasteiger partial charge in [-0.15, -0.1) is 0 Å². The van der Waals surface area contributed by atoms with Gasteiger partial charge in [0, 0.05) is 6.54 Å². The number of carboxylic acid groups (broad SMARTS) is 1. The van der Waals surface area contributed by atoms with Gasteiger partial charge in [-0.1, -0.05) is 12.8 Å². The van der Waals surface area contributed by atoms with Gasteiger partial charge in [-0.25, -0.2) is 0 Å². The lowest BCUT2D eigenvalue weighted by Crippen LogP contribution is -2.31. The Bertz CT molecular complexity index is 196. The molecule has 0 radical (unpaired) electrons. The van der Waals surface area contributed by atoms with Crippen molar-refractivity contribution >= 4 is 11.9 Å². The topological polar surface area (TPSA) is 125 Å². The number of nitrogens with two attached hydrogens (primary N) is 2. The van der Waals surface area contributed by atoms with Crippen LogP contribution in [0.1, 0.15) is 25.7 Å². The third kappa shape index (κ3) is 7.35. The summed E-state index contributed by atoms with van der Waals surface area (Å²) in [6.45, 7) is 0.650. The summed E-state index contributed by atoms with van der Waals surface area (Å²) in [6, 6.07) is -0.754. The van der Waals surface area contributed by atoms with E-state index in [1.165, 1.54) is 0 Å². The van der Waals surface area contributed by atoms with Gasteiger partial charge in [0.1, 0.15) is 6.04 Å². The van der Waals surface area contributed by atoms with Crippen molar-refractivity contribution in [2.75, 3.05) is 6.54 Å². The van der Waals surface area contributed by atoms with Crippen molar-refractivity contribution in [2.24, 2.45) is 11.5 Å². The van der Waals surface area contributed by atoms with Gasteiger partial charge >= 0.3 is 5.97 Å². The number of guanidine groups is 1. The molecule has 0 bridgehead atoms. The van der Waals surface area contributed by atoms with E-state index in [-0.39, 0.29) is 5.96 Å². The molecule has 0 saturated heterocycles.